The lowest BCUT2D eigenvalue weighted by molar-refractivity contribution is -0.0312. The summed E-state index contributed by atoms with van der Waals surface area (Å²) in [6.07, 6.45) is 3.14. The van der Waals surface area contributed by atoms with Crippen molar-refractivity contribution in [3.05, 3.63) is 77.4 Å². The van der Waals surface area contributed by atoms with Crippen molar-refractivity contribution in [1.82, 2.24) is 14.9 Å². The second-order valence-corrected chi connectivity index (χ2v) is 10.2. The number of benzene rings is 2. The largest absolute Gasteiger partial charge is 0.475 e. The standard InChI is InChI=1S/C27H25N3O2S/c1-17-28-25(26(33-17)20-8-3-2-4-9-20)27(31)30-21-13-18(14-21)15-22(30)16-32-24-12-11-19-7-5-6-10-23(19)29-24/h2-12,18,21-22H,13-16H2,1H3. The molecule has 3 aliphatic rings. The zero-order chi connectivity index (χ0) is 22.4. The molecule has 2 bridgehead atoms. The maximum absolute atomic E-state index is 13.8. The Labute approximate surface area is 197 Å². The average Bonchev–Trinajstić information content (AvgIpc) is 3.23. The van der Waals surface area contributed by atoms with Gasteiger partial charge in [0, 0.05) is 17.5 Å². The van der Waals surface area contributed by atoms with E-state index in [2.05, 4.69) is 14.9 Å². The minimum Gasteiger partial charge on any atom is -0.475 e. The predicted molar refractivity (Wildman–Crippen MR) is 131 cm³/mol. The first-order chi connectivity index (χ1) is 16.2. The smallest absolute Gasteiger partial charge is 0.274 e. The third-order valence-corrected chi connectivity index (χ3v) is 7.83. The lowest BCUT2D eigenvalue weighted by Gasteiger charge is -2.53. The number of aryl methyl sites for hydroxylation is 1. The molecule has 1 unspecified atom stereocenters. The van der Waals surface area contributed by atoms with Crippen molar-refractivity contribution < 1.29 is 9.53 Å². The van der Waals surface area contributed by atoms with Gasteiger partial charge in [-0.05, 0) is 49.8 Å². The molecule has 2 aromatic heterocycles. The van der Waals surface area contributed by atoms with Crippen molar-refractivity contribution in [3.8, 4) is 16.3 Å². The van der Waals surface area contributed by atoms with Gasteiger partial charge in [-0.3, -0.25) is 4.79 Å². The first-order valence-corrected chi connectivity index (χ1v) is 12.3. The van der Waals surface area contributed by atoms with Crippen LogP contribution in [-0.4, -0.2) is 39.5 Å². The van der Waals surface area contributed by atoms with Crippen LogP contribution in [0.5, 0.6) is 5.88 Å². The number of hydrogen-bond donors (Lipinski definition) is 0. The molecule has 3 fully saturated rings. The number of carbonyl (C=O) groups is 1. The molecule has 4 heterocycles. The second kappa shape index (κ2) is 8.27. The molecule has 6 heteroatoms. The quantitative estimate of drug-likeness (QED) is 0.385. The minimum absolute atomic E-state index is 0.0291. The maximum Gasteiger partial charge on any atom is 0.274 e. The SMILES string of the molecule is Cc1nc(C(=O)N2C(COc3ccc4ccccc4n3)CC3CC2C3)c(-c2ccccc2)s1. The number of aromatic nitrogens is 2. The van der Waals surface area contributed by atoms with E-state index in [1.54, 1.807) is 11.3 Å². The van der Waals surface area contributed by atoms with Gasteiger partial charge in [0.1, 0.15) is 12.3 Å². The minimum atomic E-state index is 0.0291. The topological polar surface area (TPSA) is 55.3 Å². The molecule has 0 radical (unpaired) electrons. The van der Waals surface area contributed by atoms with Crippen LogP contribution in [0, 0.1) is 12.8 Å². The fourth-order valence-electron chi connectivity index (χ4n) is 5.19. The first kappa shape index (κ1) is 20.4. The van der Waals surface area contributed by atoms with E-state index >= 15 is 0 Å². The van der Waals surface area contributed by atoms with Crippen LogP contribution in [0.2, 0.25) is 0 Å². The third-order valence-electron chi connectivity index (χ3n) is 6.81. The molecule has 1 amide bonds. The highest BCUT2D eigenvalue weighted by Crippen LogP contribution is 2.44. The highest BCUT2D eigenvalue weighted by atomic mass is 32.1. The summed E-state index contributed by atoms with van der Waals surface area (Å²) < 4.78 is 6.14. The molecule has 1 saturated carbocycles. The van der Waals surface area contributed by atoms with Gasteiger partial charge in [0.25, 0.3) is 5.91 Å². The molecule has 1 atom stereocenters. The number of ether oxygens (including phenoxy) is 1. The predicted octanol–water partition coefficient (Wildman–Crippen LogP) is 5.74. The molecular formula is C27H25N3O2S. The van der Waals surface area contributed by atoms with E-state index in [-0.39, 0.29) is 18.0 Å². The first-order valence-electron chi connectivity index (χ1n) is 11.5. The van der Waals surface area contributed by atoms with Crippen molar-refractivity contribution in [1.29, 1.82) is 0 Å². The van der Waals surface area contributed by atoms with Gasteiger partial charge in [-0.15, -0.1) is 11.3 Å². The number of para-hydroxylation sites is 1. The number of amides is 1. The van der Waals surface area contributed by atoms with Gasteiger partial charge < -0.3 is 9.64 Å². The summed E-state index contributed by atoms with van der Waals surface area (Å²) in [5.41, 5.74) is 2.53. The lowest BCUT2D eigenvalue weighted by atomic mass is 9.70. The Hall–Kier alpha value is -3.25. The molecule has 2 aliphatic heterocycles. The zero-order valence-electron chi connectivity index (χ0n) is 18.5. The van der Waals surface area contributed by atoms with E-state index in [1.165, 1.54) is 0 Å². The molecule has 5 nitrogen and oxygen atoms in total. The van der Waals surface area contributed by atoms with Gasteiger partial charge in [0.15, 0.2) is 0 Å². The van der Waals surface area contributed by atoms with Crippen molar-refractivity contribution in [2.45, 2.75) is 38.3 Å². The fraction of sp³-hybridized carbons (Fsp3) is 0.296. The van der Waals surface area contributed by atoms with Gasteiger partial charge >= 0.3 is 0 Å². The Morgan fingerprint density at radius 2 is 1.79 bits per heavy atom. The maximum atomic E-state index is 13.8. The van der Waals surface area contributed by atoms with Crippen molar-refractivity contribution in [3.63, 3.8) is 0 Å². The number of hydrogen-bond acceptors (Lipinski definition) is 5. The Morgan fingerprint density at radius 1 is 1.00 bits per heavy atom. The van der Waals surface area contributed by atoms with Crippen LogP contribution in [0.1, 0.15) is 34.8 Å². The van der Waals surface area contributed by atoms with Crippen LogP contribution < -0.4 is 4.74 Å². The summed E-state index contributed by atoms with van der Waals surface area (Å²) in [4.78, 5) is 26.2. The summed E-state index contributed by atoms with van der Waals surface area (Å²) >= 11 is 1.59. The molecule has 2 saturated heterocycles. The molecule has 0 N–H and O–H groups in total. The van der Waals surface area contributed by atoms with E-state index in [1.807, 2.05) is 73.7 Å². The van der Waals surface area contributed by atoms with Crippen LogP contribution in [0.3, 0.4) is 0 Å². The average molecular weight is 456 g/mol. The van der Waals surface area contributed by atoms with Gasteiger partial charge in [0.05, 0.1) is 21.4 Å². The molecule has 166 valence electrons. The van der Waals surface area contributed by atoms with E-state index in [0.29, 0.717) is 24.1 Å². The monoisotopic (exact) mass is 455 g/mol. The summed E-state index contributed by atoms with van der Waals surface area (Å²) in [5.74, 6) is 1.32. The number of pyridine rings is 1. The van der Waals surface area contributed by atoms with E-state index in [0.717, 1.165) is 45.6 Å². The van der Waals surface area contributed by atoms with Gasteiger partial charge in [-0.2, -0.15) is 0 Å². The molecule has 7 rings (SSSR count). The Kier molecular flexibility index (Phi) is 5.10. The van der Waals surface area contributed by atoms with Crippen LogP contribution in [-0.2, 0) is 0 Å². The van der Waals surface area contributed by atoms with Crippen molar-refractivity contribution in [2.75, 3.05) is 6.61 Å². The van der Waals surface area contributed by atoms with Crippen LogP contribution in [0.4, 0.5) is 0 Å². The Morgan fingerprint density at radius 3 is 2.64 bits per heavy atom. The lowest BCUT2D eigenvalue weighted by Crippen LogP contribution is -2.60. The summed E-state index contributed by atoms with van der Waals surface area (Å²) in [6.45, 7) is 2.42. The zero-order valence-corrected chi connectivity index (χ0v) is 19.3. The van der Waals surface area contributed by atoms with Crippen LogP contribution in [0.25, 0.3) is 21.3 Å². The third kappa shape index (κ3) is 3.78. The van der Waals surface area contributed by atoms with Crippen LogP contribution in [0.15, 0.2) is 66.7 Å². The second-order valence-electron chi connectivity index (χ2n) is 9.02. The highest BCUT2D eigenvalue weighted by Gasteiger charge is 2.47. The summed E-state index contributed by atoms with van der Waals surface area (Å²) in [7, 11) is 0. The Balaban J connectivity index is 1.26. The molecule has 2 aromatic carbocycles. The van der Waals surface area contributed by atoms with E-state index in [9.17, 15) is 4.79 Å². The van der Waals surface area contributed by atoms with Crippen LogP contribution >= 0.6 is 11.3 Å². The fourth-order valence-corrected chi connectivity index (χ4v) is 6.10. The van der Waals surface area contributed by atoms with E-state index in [4.69, 9.17) is 4.74 Å². The number of nitrogens with zero attached hydrogens (tertiary/aromatic N) is 3. The number of fused-ring (bicyclic) bond motifs is 3. The number of piperidine rings is 2. The molecule has 1 aliphatic carbocycles. The number of carbonyl (C=O) groups excluding carboxylic acids is 1. The molecular weight excluding hydrogens is 430 g/mol. The number of rotatable bonds is 5. The summed E-state index contributed by atoms with van der Waals surface area (Å²) in [6, 6.07) is 22.4. The van der Waals surface area contributed by atoms with Crippen molar-refractivity contribution in [2.24, 2.45) is 5.92 Å². The van der Waals surface area contributed by atoms with Crippen molar-refractivity contribution >= 4 is 28.1 Å². The van der Waals surface area contributed by atoms with Gasteiger partial charge in [0.2, 0.25) is 5.88 Å². The normalized spacial score (nSPS) is 21.6. The number of thiazole rings is 1. The highest BCUT2D eigenvalue weighted by molar-refractivity contribution is 7.15. The molecule has 33 heavy (non-hydrogen) atoms. The van der Waals surface area contributed by atoms with Gasteiger partial charge in [-0.25, -0.2) is 9.97 Å². The molecule has 0 spiro atoms. The Bertz CT molecular complexity index is 1310. The van der Waals surface area contributed by atoms with E-state index < -0.39 is 0 Å². The van der Waals surface area contributed by atoms with Gasteiger partial charge in [-0.1, -0.05) is 48.5 Å². The molecule has 4 aromatic rings. The summed E-state index contributed by atoms with van der Waals surface area (Å²) in [5, 5.41) is 2.00.